The molecular weight excluding hydrogens is 440 g/mol. The second-order valence-corrected chi connectivity index (χ2v) is 7.47. The molecule has 3 nitrogen and oxygen atoms in total. The number of anilines is 1. The number of amides is 1. The van der Waals surface area contributed by atoms with Gasteiger partial charge in [-0.2, -0.15) is 17.6 Å². The first-order valence-electron chi connectivity index (χ1n) is 8.59. The molecule has 0 bridgehead atoms. The van der Waals surface area contributed by atoms with Crippen LogP contribution in [0.25, 0.3) is 0 Å². The molecule has 28 heavy (non-hydrogen) atoms. The van der Waals surface area contributed by atoms with E-state index in [0.29, 0.717) is 22.1 Å². The second-order valence-electron chi connectivity index (χ2n) is 6.61. The van der Waals surface area contributed by atoms with Gasteiger partial charge in [-0.25, -0.2) is 0 Å². The molecule has 1 N–H and O–H groups in total. The Bertz CT molecular complexity index is 786. The number of halogens is 5. The summed E-state index contributed by atoms with van der Waals surface area (Å²) in [6.07, 6.45) is 0.448. The van der Waals surface area contributed by atoms with Gasteiger partial charge in [0.15, 0.2) is 0 Å². The smallest absolute Gasteiger partial charge is 0.323 e. The minimum atomic E-state index is -4.05. The summed E-state index contributed by atoms with van der Waals surface area (Å²) in [5.41, 5.74) is 2.20. The zero-order chi connectivity index (χ0) is 20.9. The molecule has 0 aliphatic carbocycles. The molecule has 1 aliphatic rings. The van der Waals surface area contributed by atoms with Gasteiger partial charge >= 0.3 is 11.8 Å². The molecule has 0 aromatic heterocycles. The van der Waals surface area contributed by atoms with Crippen LogP contribution in [0.4, 0.5) is 23.2 Å². The monoisotopic (exact) mass is 460 g/mol. The standard InChI is InChI=1S/C13H13BrF4N2O.C7H8/c1-8(20-5-12(15,16)13(17,18)6-20)9-3-2-4-10(14)11(9)19-7-21;1-7-5-3-2-4-6-7/h2-4,7-8H,5-6H2,1H3,(H,19,21);2-6H,1H3. The highest BCUT2D eigenvalue weighted by atomic mass is 79.9. The van der Waals surface area contributed by atoms with Crippen molar-refractivity contribution in [2.75, 3.05) is 18.4 Å². The van der Waals surface area contributed by atoms with Crippen molar-refractivity contribution in [1.29, 1.82) is 0 Å². The third-order valence-electron chi connectivity index (χ3n) is 4.53. The quantitative estimate of drug-likeness (QED) is 0.471. The number of para-hydroxylation sites is 1. The van der Waals surface area contributed by atoms with E-state index in [1.165, 1.54) is 5.56 Å². The van der Waals surface area contributed by atoms with Crippen molar-refractivity contribution in [1.82, 2.24) is 4.90 Å². The van der Waals surface area contributed by atoms with Crippen LogP contribution in [0.2, 0.25) is 0 Å². The minimum Gasteiger partial charge on any atom is -0.327 e. The van der Waals surface area contributed by atoms with E-state index in [9.17, 15) is 22.4 Å². The number of alkyl halides is 4. The van der Waals surface area contributed by atoms with Crippen LogP contribution >= 0.6 is 15.9 Å². The van der Waals surface area contributed by atoms with E-state index in [1.807, 2.05) is 18.2 Å². The maximum Gasteiger partial charge on any atom is 0.323 e. The Hall–Kier alpha value is -1.93. The summed E-state index contributed by atoms with van der Waals surface area (Å²) in [4.78, 5) is 11.7. The average molecular weight is 461 g/mol. The van der Waals surface area contributed by atoms with Crippen LogP contribution in [-0.2, 0) is 4.79 Å². The maximum atomic E-state index is 13.3. The van der Waals surface area contributed by atoms with E-state index in [2.05, 4.69) is 40.3 Å². The average Bonchev–Trinajstić information content (AvgIpc) is 2.85. The molecule has 1 aliphatic heterocycles. The highest BCUT2D eigenvalue weighted by Gasteiger charge is 2.63. The normalized spacial score (nSPS) is 18.7. The van der Waals surface area contributed by atoms with Crippen molar-refractivity contribution in [2.45, 2.75) is 31.7 Å². The van der Waals surface area contributed by atoms with Gasteiger partial charge in [-0.3, -0.25) is 9.69 Å². The summed E-state index contributed by atoms with van der Waals surface area (Å²) >= 11 is 3.23. The first-order valence-corrected chi connectivity index (χ1v) is 9.38. The molecule has 2 aromatic carbocycles. The molecule has 1 heterocycles. The number of carbonyl (C=O) groups is 1. The van der Waals surface area contributed by atoms with Crippen LogP contribution in [0.1, 0.15) is 24.1 Å². The zero-order valence-electron chi connectivity index (χ0n) is 15.4. The molecule has 0 saturated carbocycles. The Morgan fingerprint density at radius 1 is 1.04 bits per heavy atom. The molecule has 3 rings (SSSR count). The molecule has 1 saturated heterocycles. The van der Waals surface area contributed by atoms with Crippen molar-refractivity contribution in [3.05, 3.63) is 64.1 Å². The molecule has 1 atom stereocenters. The summed E-state index contributed by atoms with van der Waals surface area (Å²) in [5, 5.41) is 2.46. The van der Waals surface area contributed by atoms with Crippen LogP contribution in [0.5, 0.6) is 0 Å². The topological polar surface area (TPSA) is 32.3 Å². The number of likely N-dealkylation sites (tertiary alicyclic amines) is 1. The summed E-state index contributed by atoms with van der Waals surface area (Å²) in [5.74, 6) is -8.10. The SMILES string of the molecule is CC(c1cccc(Br)c1NC=O)N1CC(F)(F)C(F)(F)C1.Cc1ccccc1. The lowest BCUT2D eigenvalue weighted by atomic mass is 10.0. The Labute approximate surface area is 169 Å². The lowest BCUT2D eigenvalue weighted by Crippen LogP contribution is -2.38. The minimum absolute atomic E-state index is 0.388. The van der Waals surface area contributed by atoms with E-state index < -0.39 is 31.0 Å². The van der Waals surface area contributed by atoms with Gasteiger partial charge in [0.05, 0.1) is 18.8 Å². The van der Waals surface area contributed by atoms with Gasteiger partial charge in [-0.1, -0.05) is 48.0 Å². The first kappa shape index (κ1) is 22.4. The van der Waals surface area contributed by atoms with Crippen LogP contribution in [0.3, 0.4) is 0 Å². The molecule has 2 aromatic rings. The number of nitrogens with zero attached hydrogens (tertiary/aromatic N) is 1. The Morgan fingerprint density at radius 2 is 1.61 bits per heavy atom. The van der Waals surface area contributed by atoms with Gasteiger partial charge in [-0.15, -0.1) is 0 Å². The van der Waals surface area contributed by atoms with Gasteiger partial charge in [-0.05, 0) is 41.4 Å². The molecule has 0 radical (unpaired) electrons. The third-order valence-corrected chi connectivity index (χ3v) is 5.19. The Morgan fingerprint density at radius 3 is 2.07 bits per heavy atom. The molecular formula is C20H21BrF4N2O. The van der Waals surface area contributed by atoms with Crippen molar-refractivity contribution >= 4 is 28.0 Å². The van der Waals surface area contributed by atoms with Crippen LogP contribution < -0.4 is 5.32 Å². The van der Waals surface area contributed by atoms with E-state index >= 15 is 0 Å². The number of benzene rings is 2. The number of hydrogen-bond acceptors (Lipinski definition) is 2. The predicted molar refractivity (Wildman–Crippen MR) is 105 cm³/mol. The molecule has 152 valence electrons. The molecule has 1 fully saturated rings. The predicted octanol–water partition coefficient (Wildman–Crippen LogP) is 5.66. The molecule has 1 unspecified atom stereocenters. The number of carbonyl (C=O) groups excluding carboxylic acids is 1. The van der Waals surface area contributed by atoms with Crippen molar-refractivity contribution in [2.24, 2.45) is 0 Å². The lowest BCUT2D eigenvalue weighted by molar-refractivity contribution is -0.172. The fourth-order valence-electron chi connectivity index (χ4n) is 2.90. The third kappa shape index (κ3) is 5.11. The zero-order valence-corrected chi connectivity index (χ0v) is 17.0. The van der Waals surface area contributed by atoms with Gasteiger partial charge in [0.1, 0.15) is 0 Å². The number of hydrogen-bond donors (Lipinski definition) is 1. The molecule has 1 amide bonds. The lowest BCUT2D eigenvalue weighted by Gasteiger charge is -2.26. The first-order chi connectivity index (χ1) is 13.1. The fraction of sp³-hybridized carbons (Fsp3) is 0.350. The van der Waals surface area contributed by atoms with Crippen LogP contribution in [0, 0.1) is 6.92 Å². The maximum absolute atomic E-state index is 13.3. The Kier molecular flexibility index (Phi) is 7.22. The Balaban J connectivity index is 0.000000336. The largest absolute Gasteiger partial charge is 0.327 e. The number of aryl methyl sites for hydroxylation is 1. The highest BCUT2D eigenvalue weighted by Crippen LogP contribution is 2.45. The second kappa shape index (κ2) is 9.05. The molecule has 8 heteroatoms. The summed E-state index contributed by atoms with van der Waals surface area (Å²) in [6, 6.07) is 14.5. The summed E-state index contributed by atoms with van der Waals surface area (Å²) in [6.45, 7) is 1.59. The highest BCUT2D eigenvalue weighted by molar-refractivity contribution is 9.10. The number of nitrogens with one attached hydrogen (secondary N) is 1. The van der Waals surface area contributed by atoms with Crippen molar-refractivity contribution in [3.8, 4) is 0 Å². The summed E-state index contributed by atoms with van der Waals surface area (Å²) < 4.78 is 53.8. The van der Waals surface area contributed by atoms with Crippen molar-refractivity contribution < 1.29 is 22.4 Å². The van der Waals surface area contributed by atoms with Gasteiger partial charge in [0.2, 0.25) is 6.41 Å². The van der Waals surface area contributed by atoms with Gasteiger partial charge in [0.25, 0.3) is 0 Å². The number of rotatable bonds is 4. The fourth-order valence-corrected chi connectivity index (χ4v) is 3.40. The van der Waals surface area contributed by atoms with Gasteiger partial charge in [0, 0.05) is 10.5 Å². The van der Waals surface area contributed by atoms with Crippen molar-refractivity contribution in [3.63, 3.8) is 0 Å². The van der Waals surface area contributed by atoms with E-state index in [0.717, 1.165) is 4.90 Å². The van der Waals surface area contributed by atoms with Crippen LogP contribution in [-0.4, -0.2) is 36.2 Å². The van der Waals surface area contributed by atoms with Gasteiger partial charge < -0.3 is 5.32 Å². The van der Waals surface area contributed by atoms with E-state index in [-0.39, 0.29) is 0 Å². The summed E-state index contributed by atoms with van der Waals surface area (Å²) in [7, 11) is 0. The van der Waals surface area contributed by atoms with Crippen LogP contribution in [0.15, 0.2) is 53.0 Å². The molecule has 0 spiro atoms. The van der Waals surface area contributed by atoms with E-state index in [1.54, 1.807) is 25.1 Å². The van der Waals surface area contributed by atoms with E-state index in [4.69, 9.17) is 0 Å².